The summed E-state index contributed by atoms with van der Waals surface area (Å²) in [5.41, 5.74) is 0.826. The first kappa shape index (κ1) is 27.6. The molecule has 1 saturated carbocycles. The van der Waals surface area contributed by atoms with Crippen LogP contribution in [-0.4, -0.2) is 42.1 Å². The number of Topliss-reactive ketones (excluding diaryl/α,β-unsaturated/α-hetero) is 1. The predicted molar refractivity (Wildman–Crippen MR) is 139 cm³/mol. The minimum atomic E-state index is -0.926. The van der Waals surface area contributed by atoms with Gasteiger partial charge in [-0.15, -0.1) is 0 Å². The number of rotatable bonds is 8. The molecular weight excluding hydrogens is 456 g/mol. The smallest absolute Gasteiger partial charge is 0.331 e. The lowest BCUT2D eigenvalue weighted by Gasteiger charge is -2.61. The molecule has 0 radical (unpaired) electrons. The zero-order valence-electron chi connectivity index (χ0n) is 22.0. The molecule has 2 aliphatic rings. The number of esters is 2. The standard InChI is InChI=1S/C30H38O6/c1-19(17-26(33)35-6)23(31)18-29(4)21(3)27(28(34)30(5)20(2)11-10-14-24(29)30)36-25(32)16-15-22-12-8-7-9-13-22/h7-9,11-13,15-16,21,24,27-28,34H,1,10,14,17-18H2,2-6H3/b16-15+/t21-,24-,27+,28-,29+,30+/m0/s1. The summed E-state index contributed by atoms with van der Waals surface area (Å²) in [5.74, 6) is -1.61. The van der Waals surface area contributed by atoms with E-state index in [9.17, 15) is 19.5 Å². The van der Waals surface area contributed by atoms with Crippen molar-refractivity contribution in [3.63, 3.8) is 0 Å². The van der Waals surface area contributed by atoms with Crippen molar-refractivity contribution >= 4 is 23.8 Å². The monoisotopic (exact) mass is 494 g/mol. The second-order valence-corrected chi connectivity index (χ2v) is 10.6. The number of hydrogen-bond donors (Lipinski definition) is 1. The summed E-state index contributed by atoms with van der Waals surface area (Å²) in [6, 6.07) is 9.43. The first-order chi connectivity index (χ1) is 16.9. The highest BCUT2D eigenvalue weighted by Crippen LogP contribution is 2.62. The number of ether oxygens (including phenoxy) is 2. The number of benzene rings is 1. The number of allylic oxidation sites excluding steroid dienone is 1. The third-order valence-corrected chi connectivity index (χ3v) is 8.72. The molecule has 194 valence electrons. The molecule has 0 aliphatic heterocycles. The SMILES string of the molecule is C=C(CC(=O)OC)C(=O)C[C@]1(C)[C@@H](C)[C@@H](OC(=O)/C=C/c2ccccc2)[C@H](O)[C@]2(C)C(C)=CCC[C@@H]12. The van der Waals surface area contributed by atoms with Gasteiger partial charge in [-0.25, -0.2) is 4.79 Å². The van der Waals surface area contributed by atoms with Crippen LogP contribution in [0.2, 0.25) is 0 Å². The Morgan fingerprint density at radius 1 is 1.19 bits per heavy atom. The fourth-order valence-corrected chi connectivity index (χ4v) is 6.19. The van der Waals surface area contributed by atoms with Crippen LogP contribution >= 0.6 is 0 Å². The first-order valence-electron chi connectivity index (χ1n) is 12.5. The lowest BCUT2D eigenvalue weighted by molar-refractivity contribution is -0.207. The van der Waals surface area contributed by atoms with E-state index in [1.165, 1.54) is 13.2 Å². The number of carbonyl (C=O) groups is 3. The van der Waals surface area contributed by atoms with E-state index >= 15 is 0 Å². The number of fused-ring (bicyclic) bond motifs is 1. The minimum absolute atomic E-state index is 0.0234. The average Bonchev–Trinajstić information content (AvgIpc) is 2.86. The molecule has 0 saturated heterocycles. The Bertz CT molecular complexity index is 1070. The van der Waals surface area contributed by atoms with Crippen molar-refractivity contribution in [2.45, 2.75) is 65.6 Å². The number of hydrogen-bond acceptors (Lipinski definition) is 6. The first-order valence-corrected chi connectivity index (χ1v) is 12.5. The number of ketones is 1. The van der Waals surface area contributed by atoms with Gasteiger partial charge in [0.2, 0.25) is 0 Å². The maximum Gasteiger partial charge on any atom is 0.331 e. The van der Waals surface area contributed by atoms with Gasteiger partial charge in [-0.05, 0) is 48.3 Å². The fraction of sp³-hybridized carbons (Fsp3) is 0.500. The van der Waals surface area contributed by atoms with Gasteiger partial charge in [-0.2, -0.15) is 0 Å². The summed E-state index contributed by atoms with van der Waals surface area (Å²) in [6.07, 6.45) is 5.06. The van der Waals surface area contributed by atoms with Gasteiger partial charge >= 0.3 is 11.9 Å². The van der Waals surface area contributed by atoms with E-state index in [0.717, 1.165) is 24.0 Å². The fourth-order valence-electron chi connectivity index (χ4n) is 6.19. The second-order valence-electron chi connectivity index (χ2n) is 10.6. The molecule has 6 heteroatoms. The summed E-state index contributed by atoms with van der Waals surface area (Å²) < 4.78 is 10.6. The molecule has 6 nitrogen and oxygen atoms in total. The van der Waals surface area contributed by atoms with E-state index in [1.54, 1.807) is 6.08 Å². The van der Waals surface area contributed by atoms with Crippen molar-refractivity contribution in [1.29, 1.82) is 0 Å². The summed E-state index contributed by atoms with van der Waals surface area (Å²) in [6.45, 7) is 11.8. The molecule has 0 heterocycles. The van der Waals surface area contributed by atoms with Gasteiger partial charge in [0.1, 0.15) is 12.2 Å². The van der Waals surface area contributed by atoms with E-state index in [0.29, 0.717) is 0 Å². The van der Waals surface area contributed by atoms with Gasteiger partial charge in [0, 0.05) is 23.8 Å². The highest BCUT2D eigenvalue weighted by atomic mass is 16.6. The van der Waals surface area contributed by atoms with Crippen molar-refractivity contribution in [3.8, 4) is 0 Å². The maximum absolute atomic E-state index is 13.2. The summed E-state index contributed by atoms with van der Waals surface area (Å²) in [5, 5.41) is 11.6. The Labute approximate surface area is 214 Å². The molecule has 1 fully saturated rings. The Hall–Kier alpha value is -2.99. The zero-order chi connectivity index (χ0) is 26.7. The molecule has 3 rings (SSSR count). The second kappa shape index (κ2) is 11.0. The molecule has 0 amide bonds. The van der Waals surface area contributed by atoms with Crippen LogP contribution in [0.15, 0.2) is 60.2 Å². The number of methoxy groups -OCH3 is 1. The lowest BCUT2D eigenvalue weighted by Crippen LogP contribution is -2.64. The topological polar surface area (TPSA) is 89.9 Å². The maximum atomic E-state index is 13.2. The van der Waals surface area contributed by atoms with E-state index < -0.39 is 35.0 Å². The molecular formula is C30H38O6. The zero-order valence-corrected chi connectivity index (χ0v) is 22.0. The Morgan fingerprint density at radius 2 is 1.86 bits per heavy atom. The van der Waals surface area contributed by atoms with Crippen molar-refractivity contribution in [1.82, 2.24) is 0 Å². The van der Waals surface area contributed by atoms with Crippen LogP contribution < -0.4 is 0 Å². The molecule has 0 aromatic heterocycles. The van der Waals surface area contributed by atoms with Crippen LogP contribution in [-0.2, 0) is 23.9 Å². The molecule has 0 unspecified atom stereocenters. The molecule has 1 N–H and O–H groups in total. The molecule has 1 aromatic rings. The van der Waals surface area contributed by atoms with Crippen molar-refractivity contribution in [2.75, 3.05) is 7.11 Å². The number of carbonyl (C=O) groups excluding carboxylic acids is 3. The van der Waals surface area contributed by atoms with E-state index in [2.05, 4.69) is 12.7 Å². The number of aliphatic hydroxyl groups is 1. The summed E-state index contributed by atoms with van der Waals surface area (Å²) in [4.78, 5) is 37.8. The van der Waals surface area contributed by atoms with Gasteiger partial charge in [-0.3, -0.25) is 9.59 Å². The Kier molecular flexibility index (Phi) is 8.40. The van der Waals surface area contributed by atoms with Crippen LogP contribution in [0.25, 0.3) is 6.08 Å². The van der Waals surface area contributed by atoms with Gasteiger partial charge in [-0.1, -0.05) is 69.3 Å². The van der Waals surface area contributed by atoms with Gasteiger partial charge in [0.15, 0.2) is 5.78 Å². The summed E-state index contributed by atoms with van der Waals surface area (Å²) in [7, 11) is 1.28. The molecule has 6 atom stereocenters. The lowest BCUT2D eigenvalue weighted by atomic mass is 9.45. The van der Waals surface area contributed by atoms with Gasteiger partial charge in [0.25, 0.3) is 0 Å². The third-order valence-electron chi connectivity index (χ3n) is 8.72. The van der Waals surface area contributed by atoms with Gasteiger partial charge < -0.3 is 14.6 Å². The van der Waals surface area contributed by atoms with Crippen LogP contribution in [0, 0.1) is 22.7 Å². The van der Waals surface area contributed by atoms with Crippen molar-refractivity contribution in [2.24, 2.45) is 22.7 Å². The van der Waals surface area contributed by atoms with Crippen molar-refractivity contribution in [3.05, 3.63) is 65.8 Å². The Morgan fingerprint density at radius 3 is 2.50 bits per heavy atom. The Balaban J connectivity index is 1.92. The predicted octanol–water partition coefficient (Wildman–Crippen LogP) is 5.07. The largest absolute Gasteiger partial charge is 0.469 e. The highest BCUT2D eigenvalue weighted by Gasteiger charge is 2.62. The normalized spacial score (nSPS) is 31.8. The van der Waals surface area contributed by atoms with Crippen molar-refractivity contribution < 1.29 is 29.0 Å². The minimum Gasteiger partial charge on any atom is -0.469 e. The highest BCUT2D eigenvalue weighted by molar-refractivity contribution is 5.99. The molecule has 2 aliphatic carbocycles. The van der Waals surface area contributed by atoms with E-state index in [-0.39, 0.29) is 36.0 Å². The number of aliphatic hydroxyl groups excluding tert-OH is 1. The quantitative estimate of drug-likeness (QED) is 0.308. The molecule has 36 heavy (non-hydrogen) atoms. The van der Waals surface area contributed by atoms with Crippen LogP contribution in [0.4, 0.5) is 0 Å². The van der Waals surface area contributed by atoms with Crippen LogP contribution in [0.1, 0.15) is 58.9 Å². The molecule has 0 bridgehead atoms. The van der Waals surface area contributed by atoms with Crippen LogP contribution in [0.5, 0.6) is 0 Å². The van der Waals surface area contributed by atoms with E-state index in [1.807, 2.05) is 58.0 Å². The van der Waals surface area contributed by atoms with E-state index in [4.69, 9.17) is 9.47 Å². The summed E-state index contributed by atoms with van der Waals surface area (Å²) >= 11 is 0. The third kappa shape index (κ3) is 5.24. The average molecular weight is 495 g/mol. The molecule has 1 aromatic carbocycles. The van der Waals surface area contributed by atoms with Gasteiger partial charge in [0.05, 0.1) is 13.5 Å². The molecule has 0 spiro atoms. The van der Waals surface area contributed by atoms with Crippen LogP contribution in [0.3, 0.4) is 0 Å².